The minimum absolute atomic E-state index is 0.0219. The Kier molecular flexibility index (Phi) is 4.56. The van der Waals surface area contributed by atoms with Crippen LogP contribution in [0.2, 0.25) is 0 Å². The third-order valence-corrected chi connectivity index (χ3v) is 3.17. The number of benzene rings is 2. The first-order chi connectivity index (χ1) is 9.61. The zero-order valence-corrected chi connectivity index (χ0v) is 11.4. The molecular weight excluding hydrogens is 258 g/mol. The van der Waals surface area contributed by atoms with Gasteiger partial charge in [0.15, 0.2) is 11.6 Å². The highest BCUT2D eigenvalue weighted by atomic mass is 19.2. The molecule has 4 heteroatoms. The van der Waals surface area contributed by atoms with Crippen molar-refractivity contribution in [3.05, 3.63) is 53.6 Å². The van der Waals surface area contributed by atoms with Crippen LogP contribution in [0.4, 0.5) is 25.8 Å². The molecule has 2 nitrogen and oxygen atoms in total. The lowest BCUT2D eigenvalue weighted by Gasteiger charge is -2.11. The summed E-state index contributed by atoms with van der Waals surface area (Å²) in [4.78, 5) is 0. The molecule has 0 saturated heterocycles. The summed E-state index contributed by atoms with van der Waals surface area (Å²) in [6.45, 7) is 2.14. The number of unbranched alkanes of at least 4 members (excludes halogenated alkanes) is 1. The number of nitrogens with one attached hydrogen (secondary N) is 1. The van der Waals surface area contributed by atoms with E-state index in [1.807, 2.05) is 24.3 Å². The Morgan fingerprint density at radius 1 is 1.05 bits per heavy atom. The number of hydrogen-bond acceptors (Lipinski definition) is 2. The largest absolute Gasteiger partial charge is 0.397 e. The number of aryl methyl sites for hydroxylation is 1. The molecule has 0 atom stereocenters. The van der Waals surface area contributed by atoms with Crippen LogP contribution in [0.3, 0.4) is 0 Å². The normalized spacial score (nSPS) is 10.6. The summed E-state index contributed by atoms with van der Waals surface area (Å²) < 4.78 is 26.9. The van der Waals surface area contributed by atoms with Crippen molar-refractivity contribution >= 4 is 17.1 Å². The molecule has 0 aliphatic rings. The first-order valence-electron chi connectivity index (χ1n) is 6.71. The summed E-state index contributed by atoms with van der Waals surface area (Å²) in [7, 11) is 0. The molecule has 0 radical (unpaired) electrons. The molecule has 0 aromatic heterocycles. The lowest BCUT2D eigenvalue weighted by molar-refractivity contribution is 0.512. The summed E-state index contributed by atoms with van der Waals surface area (Å²) in [5.74, 6) is -1.87. The van der Waals surface area contributed by atoms with Crippen LogP contribution < -0.4 is 11.1 Å². The molecule has 0 fully saturated rings. The van der Waals surface area contributed by atoms with Crippen LogP contribution in [-0.4, -0.2) is 0 Å². The van der Waals surface area contributed by atoms with Gasteiger partial charge < -0.3 is 11.1 Å². The second-order valence-corrected chi connectivity index (χ2v) is 4.75. The molecule has 0 unspecified atom stereocenters. The summed E-state index contributed by atoms with van der Waals surface area (Å²) in [5.41, 5.74) is 7.73. The van der Waals surface area contributed by atoms with Gasteiger partial charge in [0, 0.05) is 5.69 Å². The zero-order valence-electron chi connectivity index (χ0n) is 11.4. The molecule has 0 amide bonds. The van der Waals surface area contributed by atoms with E-state index in [1.165, 1.54) is 11.6 Å². The molecule has 0 bridgehead atoms. The van der Waals surface area contributed by atoms with Crippen molar-refractivity contribution in [2.75, 3.05) is 11.1 Å². The smallest absolute Gasteiger partial charge is 0.184 e. The van der Waals surface area contributed by atoms with Gasteiger partial charge in [-0.15, -0.1) is 0 Å². The van der Waals surface area contributed by atoms with Crippen molar-refractivity contribution in [1.29, 1.82) is 0 Å². The quantitative estimate of drug-likeness (QED) is 0.781. The maximum Gasteiger partial charge on any atom is 0.184 e. The van der Waals surface area contributed by atoms with Gasteiger partial charge in [0.1, 0.15) is 5.69 Å². The Balaban J connectivity index is 2.16. The molecule has 0 aliphatic heterocycles. The number of nitrogen functional groups attached to an aromatic ring is 1. The van der Waals surface area contributed by atoms with Crippen molar-refractivity contribution in [2.24, 2.45) is 0 Å². The van der Waals surface area contributed by atoms with E-state index >= 15 is 0 Å². The number of hydrogen-bond donors (Lipinski definition) is 2. The summed E-state index contributed by atoms with van der Waals surface area (Å²) in [6.07, 6.45) is 3.30. The Morgan fingerprint density at radius 3 is 2.40 bits per heavy atom. The van der Waals surface area contributed by atoms with Gasteiger partial charge in [-0.05, 0) is 42.7 Å². The molecule has 2 aromatic rings. The Hall–Kier alpha value is -2.10. The van der Waals surface area contributed by atoms with E-state index in [1.54, 1.807) is 0 Å². The fourth-order valence-electron chi connectivity index (χ4n) is 1.97. The highest BCUT2D eigenvalue weighted by molar-refractivity contribution is 5.73. The molecule has 0 saturated carbocycles. The lowest BCUT2D eigenvalue weighted by Crippen LogP contribution is -2.01. The fraction of sp³-hybridized carbons (Fsp3) is 0.250. The van der Waals surface area contributed by atoms with Crippen molar-refractivity contribution in [1.82, 2.24) is 0 Å². The third kappa shape index (κ3) is 3.26. The molecule has 20 heavy (non-hydrogen) atoms. The minimum atomic E-state index is -0.958. The fourth-order valence-corrected chi connectivity index (χ4v) is 1.97. The van der Waals surface area contributed by atoms with E-state index < -0.39 is 11.6 Å². The van der Waals surface area contributed by atoms with Gasteiger partial charge in [-0.2, -0.15) is 0 Å². The molecule has 106 valence electrons. The van der Waals surface area contributed by atoms with Crippen LogP contribution in [0.15, 0.2) is 36.4 Å². The predicted octanol–water partition coefficient (Wildman–Crippen LogP) is 4.63. The molecule has 2 rings (SSSR count). The highest BCUT2D eigenvalue weighted by Gasteiger charge is 2.11. The summed E-state index contributed by atoms with van der Waals surface area (Å²) >= 11 is 0. The van der Waals surface area contributed by atoms with Crippen LogP contribution in [-0.2, 0) is 6.42 Å². The number of rotatable bonds is 5. The monoisotopic (exact) mass is 276 g/mol. The van der Waals surface area contributed by atoms with E-state index in [9.17, 15) is 8.78 Å². The minimum Gasteiger partial charge on any atom is -0.397 e. The van der Waals surface area contributed by atoms with Crippen LogP contribution >= 0.6 is 0 Å². The average molecular weight is 276 g/mol. The van der Waals surface area contributed by atoms with Crippen molar-refractivity contribution < 1.29 is 8.78 Å². The van der Waals surface area contributed by atoms with Crippen molar-refractivity contribution in [3.8, 4) is 0 Å². The Bertz CT molecular complexity index is 580. The first kappa shape index (κ1) is 14.3. The molecule has 2 aromatic carbocycles. The van der Waals surface area contributed by atoms with Crippen LogP contribution in [0.5, 0.6) is 0 Å². The topological polar surface area (TPSA) is 38.0 Å². The third-order valence-electron chi connectivity index (χ3n) is 3.17. The molecule has 0 spiro atoms. The van der Waals surface area contributed by atoms with Crippen LogP contribution in [0, 0.1) is 11.6 Å². The summed E-state index contributed by atoms with van der Waals surface area (Å²) in [6, 6.07) is 10.0. The number of anilines is 3. The van der Waals surface area contributed by atoms with Crippen LogP contribution in [0.25, 0.3) is 0 Å². The number of nitrogens with two attached hydrogens (primary N) is 1. The average Bonchev–Trinajstić information content (AvgIpc) is 2.47. The van der Waals surface area contributed by atoms with E-state index in [0.717, 1.165) is 25.3 Å². The van der Waals surface area contributed by atoms with Crippen molar-refractivity contribution in [3.63, 3.8) is 0 Å². The predicted molar refractivity (Wildman–Crippen MR) is 79.1 cm³/mol. The zero-order chi connectivity index (χ0) is 14.5. The Morgan fingerprint density at radius 2 is 1.75 bits per heavy atom. The van der Waals surface area contributed by atoms with E-state index in [0.29, 0.717) is 5.69 Å². The lowest BCUT2D eigenvalue weighted by atomic mass is 10.1. The van der Waals surface area contributed by atoms with Gasteiger partial charge in [-0.3, -0.25) is 0 Å². The van der Waals surface area contributed by atoms with Gasteiger partial charge in [0.05, 0.1) is 5.69 Å². The SMILES string of the molecule is CCCCc1ccc(Nc2c(N)ccc(F)c2F)cc1. The second-order valence-electron chi connectivity index (χ2n) is 4.75. The molecule has 0 aliphatic carbocycles. The van der Waals surface area contributed by atoms with Gasteiger partial charge >= 0.3 is 0 Å². The maximum atomic E-state index is 13.7. The number of halogens is 2. The van der Waals surface area contributed by atoms with Crippen molar-refractivity contribution in [2.45, 2.75) is 26.2 Å². The van der Waals surface area contributed by atoms with E-state index in [-0.39, 0.29) is 11.4 Å². The van der Waals surface area contributed by atoms with E-state index in [2.05, 4.69) is 12.2 Å². The van der Waals surface area contributed by atoms with Crippen LogP contribution in [0.1, 0.15) is 25.3 Å². The van der Waals surface area contributed by atoms with Gasteiger partial charge in [0.2, 0.25) is 0 Å². The van der Waals surface area contributed by atoms with Gasteiger partial charge in [-0.1, -0.05) is 25.5 Å². The second kappa shape index (κ2) is 6.37. The first-order valence-corrected chi connectivity index (χ1v) is 6.71. The molecule has 3 N–H and O–H groups in total. The Labute approximate surface area is 117 Å². The molecular formula is C16H18F2N2. The molecule has 0 heterocycles. The standard InChI is InChI=1S/C16H18F2N2/c1-2-3-4-11-5-7-12(8-6-11)20-16-14(19)10-9-13(17)15(16)18/h5-10,20H,2-4,19H2,1H3. The summed E-state index contributed by atoms with van der Waals surface area (Å²) in [5, 5.41) is 2.82. The highest BCUT2D eigenvalue weighted by Crippen LogP contribution is 2.28. The van der Waals surface area contributed by atoms with Gasteiger partial charge in [-0.25, -0.2) is 8.78 Å². The maximum absolute atomic E-state index is 13.7. The van der Waals surface area contributed by atoms with Gasteiger partial charge in [0.25, 0.3) is 0 Å². The van der Waals surface area contributed by atoms with E-state index in [4.69, 9.17) is 5.73 Å².